The molecule has 21 heavy (non-hydrogen) atoms. The molecule has 0 aliphatic carbocycles. The van der Waals surface area contributed by atoms with Crippen LogP contribution in [0.2, 0.25) is 0 Å². The number of imidazole rings is 1. The monoisotopic (exact) mass is 292 g/mol. The van der Waals surface area contributed by atoms with Crippen molar-refractivity contribution in [1.82, 2.24) is 25.5 Å². The summed E-state index contributed by atoms with van der Waals surface area (Å²) in [5, 5.41) is 1.69. The number of hydrogen-bond donors (Lipinski definition) is 3. The second-order valence-corrected chi connectivity index (χ2v) is 4.76. The Morgan fingerprint density at radius 1 is 1.67 bits per heavy atom. The maximum atomic E-state index is 11.0. The summed E-state index contributed by atoms with van der Waals surface area (Å²) < 4.78 is 7.12. The quantitative estimate of drug-likeness (QED) is 0.639. The van der Waals surface area contributed by atoms with Gasteiger partial charge in [0.1, 0.15) is 11.5 Å². The third kappa shape index (κ3) is 3.61. The molecule has 0 spiro atoms. The minimum absolute atomic E-state index is 0.0758. The highest BCUT2D eigenvalue weighted by Crippen LogP contribution is 2.11. The molecule has 0 fully saturated rings. The van der Waals surface area contributed by atoms with Gasteiger partial charge < -0.3 is 15.0 Å². The number of primary amides is 1. The van der Waals surface area contributed by atoms with Gasteiger partial charge in [-0.25, -0.2) is 4.98 Å². The number of nitrogens with one attached hydrogen (secondary N) is 2. The Morgan fingerprint density at radius 2 is 2.43 bits per heavy atom. The average Bonchev–Trinajstić information content (AvgIpc) is 3.06. The number of rotatable bonds is 7. The first kappa shape index (κ1) is 15.1. The molecule has 114 valence electrons. The van der Waals surface area contributed by atoms with E-state index >= 15 is 0 Å². The highest BCUT2D eigenvalue weighted by Gasteiger charge is 2.17. The summed E-state index contributed by atoms with van der Waals surface area (Å²) in [6.07, 6.45) is 5.97. The largest absolute Gasteiger partial charge is 0.381 e. The van der Waals surface area contributed by atoms with E-state index in [9.17, 15) is 4.79 Å². The summed E-state index contributed by atoms with van der Waals surface area (Å²) in [6, 6.07) is 0. The summed E-state index contributed by atoms with van der Waals surface area (Å²) in [5.74, 6) is 0.358. The maximum absolute atomic E-state index is 11.0. The van der Waals surface area contributed by atoms with Gasteiger partial charge in [0, 0.05) is 32.1 Å². The number of hydrazine groups is 2. The highest BCUT2D eigenvalue weighted by molar-refractivity contribution is 5.91. The Morgan fingerprint density at radius 3 is 3.00 bits per heavy atom. The molecule has 1 atom stereocenters. The van der Waals surface area contributed by atoms with Crippen molar-refractivity contribution < 1.29 is 9.53 Å². The first-order valence-electron chi connectivity index (χ1n) is 6.55. The van der Waals surface area contributed by atoms with Crippen molar-refractivity contribution in [3.8, 4) is 0 Å². The minimum Gasteiger partial charge on any atom is -0.381 e. The van der Waals surface area contributed by atoms with Crippen LogP contribution in [0.3, 0.4) is 0 Å². The number of aromatic nitrogens is 2. The molecule has 0 saturated carbocycles. The molecule has 1 aromatic rings. The standard InChI is InChI=1S/C13H20N6O2/c1-4-18-6-10(15-12(18)5-9(2)21-3)7-19-8-11(13(14)20)16-17-19/h4,6,8-9,16-17H,1,5,7H2,2-3H3,(H2,14,20). The molecule has 8 heteroatoms. The van der Waals surface area contributed by atoms with Crippen LogP contribution in [0.5, 0.6) is 0 Å². The third-order valence-corrected chi connectivity index (χ3v) is 3.14. The number of ether oxygens (including phenoxy) is 1. The van der Waals surface area contributed by atoms with Crippen LogP contribution < -0.4 is 16.7 Å². The fourth-order valence-electron chi connectivity index (χ4n) is 1.95. The fraction of sp³-hybridized carbons (Fsp3) is 0.385. The topological polar surface area (TPSA) is 97.4 Å². The summed E-state index contributed by atoms with van der Waals surface area (Å²) in [4.78, 5) is 15.6. The molecule has 1 amide bonds. The van der Waals surface area contributed by atoms with Gasteiger partial charge in [-0.1, -0.05) is 6.58 Å². The number of carbonyl (C=O) groups excluding carboxylic acids is 1. The normalized spacial score (nSPS) is 15.5. The third-order valence-electron chi connectivity index (χ3n) is 3.14. The van der Waals surface area contributed by atoms with E-state index in [1.165, 1.54) is 0 Å². The Labute approximate surface area is 123 Å². The van der Waals surface area contributed by atoms with Crippen LogP contribution in [-0.4, -0.2) is 33.7 Å². The van der Waals surface area contributed by atoms with E-state index in [0.717, 1.165) is 11.5 Å². The van der Waals surface area contributed by atoms with Crippen molar-refractivity contribution in [1.29, 1.82) is 0 Å². The number of methoxy groups -OCH3 is 1. The number of nitrogens with two attached hydrogens (primary N) is 1. The van der Waals surface area contributed by atoms with Gasteiger partial charge in [-0.3, -0.25) is 15.2 Å². The summed E-state index contributed by atoms with van der Waals surface area (Å²) in [5.41, 5.74) is 11.9. The van der Waals surface area contributed by atoms with Crippen molar-refractivity contribution in [3.05, 3.63) is 36.2 Å². The van der Waals surface area contributed by atoms with Crippen molar-refractivity contribution in [2.45, 2.75) is 26.0 Å². The molecule has 0 bridgehead atoms. The first-order valence-corrected chi connectivity index (χ1v) is 6.55. The van der Waals surface area contributed by atoms with E-state index in [-0.39, 0.29) is 6.10 Å². The lowest BCUT2D eigenvalue weighted by Crippen LogP contribution is -2.37. The van der Waals surface area contributed by atoms with Crippen molar-refractivity contribution in [3.63, 3.8) is 0 Å². The van der Waals surface area contributed by atoms with E-state index in [0.29, 0.717) is 18.7 Å². The Bertz CT molecular complexity index is 565. The number of hydrogen-bond acceptors (Lipinski definition) is 6. The Balaban J connectivity index is 2.08. The van der Waals surface area contributed by atoms with E-state index in [2.05, 4.69) is 22.5 Å². The van der Waals surface area contributed by atoms with Gasteiger partial charge in [0.25, 0.3) is 5.91 Å². The van der Waals surface area contributed by atoms with Crippen molar-refractivity contribution in [2.24, 2.45) is 5.73 Å². The zero-order valence-electron chi connectivity index (χ0n) is 12.2. The Kier molecular flexibility index (Phi) is 4.61. The van der Waals surface area contributed by atoms with E-state index in [4.69, 9.17) is 10.5 Å². The van der Waals surface area contributed by atoms with Gasteiger partial charge >= 0.3 is 0 Å². The maximum Gasteiger partial charge on any atom is 0.267 e. The van der Waals surface area contributed by atoms with E-state index in [1.54, 1.807) is 24.5 Å². The second kappa shape index (κ2) is 6.42. The van der Waals surface area contributed by atoms with Gasteiger partial charge in [0.2, 0.25) is 0 Å². The minimum atomic E-state index is -0.517. The van der Waals surface area contributed by atoms with Crippen LogP contribution in [0.1, 0.15) is 18.4 Å². The molecular weight excluding hydrogens is 272 g/mol. The van der Waals surface area contributed by atoms with E-state index < -0.39 is 5.91 Å². The number of amides is 1. The summed E-state index contributed by atoms with van der Waals surface area (Å²) in [6.45, 7) is 6.24. The van der Waals surface area contributed by atoms with Gasteiger partial charge in [-0.2, -0.15) is 0 Å². The lowest BCUT2D eigenvalue weighted by Gasteiger charge is -2.12. The molecule has 1 aromatic heterocycles. The first-order chi connectivity index (χ1) is 10.0. The smallest absolute Gasteiger partial charge is 0.267 e. The molecule has 1 unspecified atom stereocenters. The molecule has 2 heterocycles. The summed E-state index contributed by atoms with van der Waals surface area (Å²) in [7, 11) is 1.67. The summed E-state index contributed by atoms with van der Waals surface area (Å²) >= 11 is 0. The Hall–Kier alpha value is -2.32. The molecule has 0 radical (unpaired) electrons. The number of nitrogens with zero attached hydrogens (tertiary/aromatic N) is 3. The molecule has 1 aliphatic heterocycles. The molecule has 8 nitrogen and oxygen atoms in total. The molecule has 0 saturated heterocycles. The van der Waals surface area contributed by atoms with Crippen molar-refractivity contribution in [2.75, 3.05) is 7.11 Å². The highest BCUT2D eigenvalue weighted by atomic mass is 16.5. The average molecular weight is 292 g/mol. The van der Waals surface area contributed by atoms with Gasteiger partial charge in [0.05, 0.1) is 18.3 Å². The lowest BCUT2D eigenvalue weighted by atomic mass is 10.3. The molecule has 4 N–H and O–H groups in total. The van der Waals surface area contributed by atoms with Crippen LogP contribution in [0.25, 0.3) is 6.20 Å². The van der Waals surface area contributed by atoms with Crippen LogP contribution in [0.4, 0.5) is 0 Å². The zero-order valence-corrected chi connectivity index (χ0v) is 12.2. The number of carbonyl (C=O) groups is 1. The van der Waals surface area contributed by atoms with Gasteiger partial charge in [-0.05, 0) is 6.92 Å². The van der Waals surface area contributed by atoms with E-state index in [1.807, 2.05) is 17.7 Å². The zero-order chi connectivity index (χ0) is 15.4. The second-order valence-electron chi connectivity index (χ2n) is 4.76. The molecule has 1 aliphatic rings. The molecule has 0 aromatic carbocycles. The van der Waals surface area contributed by atoms with Crippen LogP contribution in [0.15, 0.2) is 24.7 Å². The van der Waals surface area contributed by atoms with Gasteiger partial charge in [-0.15, -0.1) is 5.53 Å². The molecular formula is C13H20N6O2. The predicted octanol–water partition coefficient (Wildman–Crippen LogP) is -0.287. The molecule has 2 rings (SSSR count). The van der Waals surface area contributed by atoms with Crippen LogP contribution in [-0.2, 0) is 22.5 Å². The van der Waals surface area contributed by atoms with Crippen LogP contribution >= 0.6 is 0 Å². The fourth-order valence-corrected chi connectivity index (χ4v) is 1.95. The lowest BCUT2D eigenvalue weighted by molar-refractivity contribution is -0.114. The van der Waals surface area contributed by atoms with Crippen molar-refractivity contribution >= 4 is 12.1 Å². The predicted molar refractivity (Wildman–Crippen MR) is 77.9 cm³/mol. The van der Waals surface area contributed by atoms with Gasteiger partial charge in [0.15, 0.2) is 0 Å². The van der Waals surface area contributed by atoms with Crippen LogP contribution in [0, 0.1) is 0 Å². The SMILES string of the molecule is C=Cn1cc(CN2C=C(C(N)=O)NN2)nc1CC(C)OC.